The van der Waals surface area contributed by atoms with Gasteiger partial charge in [0.15, 0.2) is 11.5 Å². The first-order valence-corrected chi connectivity index (χ1v) is 7.67. The highest BCUT2D eigenvalue weighted by Gasteiger charge is 2.20. The minimum atomic E-state index is -3.10. The summed E-state index contributed by atoms with van der Waals surface area (Å²) in [7, 11) is 2.84. The first-order chi connectivity index (χ1) is 12.4. The van der Waals surface area contributed by atoms with Crippen molar-refractivity contribution in [1.82, 2.24) is 5.32 Å². The molecule has 0 aliphatic heterocycles. The van der Waals surface area contributed by atoms with Gasteiger partial charge in [-0.3, -0.25) is 9.59 Å². The van der Waals surface area contributed by atoms with Crippen LogP contribution in [0.4, 0.5) is 14.5 Å². The summed E-state index contributed by atoms with van der Waals surface area (Å²) in [6.45, 7) is -3.10. The van der Waals surface area contributed by atoms with Crippen LogP contribution in [0, 0.1) is 0 Å². The standard InChI is InChI=1S/C18H18F2N2O4/c1-21-15(23)10-11-6-8-12(9-7-11)22-17(24)13-4-3-5-14(25-2)16(13)26-18(19)20/h3-9,18H,10H2,1-2H3,(H,21,23)(H,22,24). The number of alkyl halides is 2. The topological polar surface area (TPSA) is 76.7 Å². The molecule has 2 rings (SSSR count). The Morgan fingerprint density at radius 3 is 2.38 bits per heavy atom. The number of hydrogen-bond donors (Lipinski definition) is 2. The Balaban J connectivity index is 2.18. The Bertz CT molecular complexity index is 779. The van der Waals surface area contributed by atoms with Crippen LogP contribution in [-0.2, 0) is 11.2 Å². The van der Waals surface area contributed by atoms with Gasteiger partial charge in [0.1, 0.15) is 0 Å². The van der Waals surface area contributed by atoms with E-state index in [1.54, 1.807) is 31.3 Å². The van der Waals surface area contributed by atoms with Crippen LogP contribution in [0.3, 0.4) is 0 Å². The van der Waals surface area contributed by atoms with Crippen molar-refractivity contribution in [3.8, 4) is 11.5 Å². The second-order valence-corrected chi connectivity index (χ2v) is 5.22. The number of nitrogens with one attached hydrogen (secondary N) is 2. The average Bonchev–Trinajstić information content (AvgIpc) is 2.62. The van der Waals surface area contributed by atoms with Gasteiger partial charge < -0.3 is 20.1 Å². The lowest BCUT2D eigenvalue weighted by Gasteiger charge is -2.14. The number of ether oxygens (including phenoxy) is 2. The highest BCUT2D eigenvalue weighted by molar-refractivity contribution is 6.06. The number of anilines is 1. The lowest BCUT2D eigenvalue weighted by Crippen LogP contribution is -2.20. The highest BCUT2D eigenvalue weighted by Crippen LogP contribution is 2.33. The van der Waals surface area contributed by atoms with Gasteiger partial charge in [-0.05, 0) is 29.8 Å². The third-order valence-electron chi connectivity index (χ3n) is 3.51. The summed E-state index contributed by atoms with van der Waals surface area (Å²) in [5.74, 6) is -1.07. The lowest BCUT2D eigenvalue weighted by molar-refractivity contribution is -0.119. The van der Waals surface area contributed by atoms with Crippen LogP contribution in [0.2, 0.25) is 0 Å². The molecule has 0 fully saturated rings. The maximum absolute atomic E-state index is 12.6. The van der Waals surface area contributed by atoms with E-state index in [1.165, 1.54) is 25.3 Å². The Morgan fingerprint density at radius 1 is 1.12 bits per heavy atom. The molecule has 2 aromatic rings. The smallest absolute Gasteiger partial charge is 0.387 e. The molecule has 0 aliphatic rings. The van der Waals surface area contributed by atoms with Gasteiger partial charge in [0.05, 0.1) is 19.1 Å². The molecule has 138 valence electrons. The van der Waals surface area contributed by atoms with Crippen molar-refractivity contribution in [3.63, 3.8) is 0 Å². The molecule has 0 radical (unpaired) electrons. The molecule has 0 heterocycles. The van der Waals surface area contributed by atoms with Crippen LogP contribution in [0.25, 0.3) is 0 Å². The van der Waals surface area contributed by atoms with E-state index in [4.69, 9.17) is 4.74 Å². The van der Waals surface area contributed by atoms with E-state index in [2.05, 4.69) is 15.4 Å². The predicted molar refractivity (Wildman–Crippen MR) is 91.8 cm³/mol. The van der Waals surface area contributed by atoms with Crippen LogP contribution in [0.1, 0.15) is 15.9 Å². The van der Waals surface area contributed by atoms with E-state index in [0.717, 1.165) is 5.56 Å². The van der Waals surface area contributed by atoms with Crippen LogP contribution in [0.15, 0.2) is 42.5 Å². The fraction of sp³-hybridized carbons (Fsp3) is 0.222. The normalized spacial score (nSPS) is 10.3. The zero-order chi connectivity index (χ0) is 19.1. The third-order valence-corrected chi connectivity index (χ3v) is 3.51. The van der Waals surface area contributed by atoms with Crippen LogP contribution >= 0.6 is 0 Å². The van der Waals surface area contributed by atoms with Gasteiger partial charge in [0.25, 0.3) is 5.91 Å². The van der Waals surface area contributed by atoms with Gasteiger partial charge in [-0.25, -0.2) is 0 Å². The third kappa shape index (κ3) is 4.92. The second kappa shape index (κ2) is 8.80. The lowest BCUT2D eigenvalue weighted by atomic mass is 10.1. The first kappa shape index (κ1) is 19.2. The van der Waals surface area contributed by atoms with E-state index in [1.807, 2.05) is 0 Å². The summed E-state index contributed by atoms with van der Waals surface area (Å²) >= 11 is 0. The quantitative estimate of drug-likeness (QED) is 0.792. The number of carbonyl (C=O) groups excluding carboxylic acids is 2. The number of hydrogen-bond acceptors (Lipinski definition) is 4. The molecule has 8 heteroatoms. The number of methoxy groups -OCH3 is 1. The molecule has 0 aromatic heterocycles. The molecular formula is C18H18F2N2O4. The molecule has 0 bridgehead atoms. The van der Waals surface area contributed by atoms with Gasteiger partial charge in [-0.2, -0.15) is 8.78 Å². The van der Waals surface area contributed by atoms with E-state index < -0.39 is 12.5 Å². The number of likely N-dealkylation sites (N-methyl/N-ethyl adjacent to an activating group) is 1. The van der Waals surface area contributed by atoms with E-state index in [-0.39, 0.29) is 29.4 Å². The monoisotopic (exact) mass is 364 g/mol. The predicted octanol–water partition coefficient (Wildman–Crippen LogP) is 2.84. The van der Waals surface area contributed by atoms with Gasteiger partial charge in [0, 0.05) is 12.7 Å². The minimum Gasteiger partial charge on any atom is -0.493 e. The minimum absolute atomic E-state index is 0.0267. The fourth-order valence-electron chi connectivity index (χ4n) is 2.24. The molecule has 0 saturated carbocycles. The summed E-state index contributed by atoms with van der Waals surface area (Å²) < 4.78 is 34.7. The largest absolute Gasteiger partial charge is 0.493 e. The summed E-state index contributed by atoms with van der Waals surface area (Å²) in [5.41, 5.74) is 1.13. The van der Waals surface area contributed by atoms with Gasteiger partial charge >= 0.3 is 6.61 Å². The SMILES string of the molecule is CNC(=O)Cc1ccc(NC(=O)c2cccc(OC)c2OC(F)F)cc1. The second-order valence-electron chi connectivity index (χ2n) is 5.22. The molecule has 6 nitrogen and oxygen atoms in total. The van der Waals surface area contributed by atoms with Crippen molar-refractivity contribution >= 4 is 17.5 Å². The summed E-state index contributed by atoms with van der Waals surface area (Å²) in [6, 6.07) is 10.9. The Hall–Kier alpha value is -3.16. The van der Waals surface area contributed by atoms with Crippen LogP contribution in [-0.4, -0.2) is 32.6 Å². The number of carbonyl (C=O) groups is 2. The number of halogens is 2. The van der Waals surface area contributed by atoms with Crippen LogP contribution in [0.5, 0.6) is 11.5 Å². The Morgan fingerprint density at radius 2 is 1.81 bits per heavy atom. The van der Waals surface area contributed by atoms with Crippen molar-refractivity contribution in [3.05, 3.63) is 53.6 Å². The maximum Gasteiger partial charge on any atom is 0.387 e. The average molecular weight is 364 g/mol. The molecule has 2 N–H and O–H groups in total. The fourth-order valence-corrected chi connectivity index (χ4v) is 2.24. The van der Waals surface area contributed by atoms with Crippen molar-refractivity contribution in [2.24, 2.45) is 0 Å². The number of para-hydroxylation sites is 1. The van der Waals surface area contributed by atoms with Gasteiger partial charge in [-0.15, -0.1) is 0 Å². The summed E-state index contributed by atoms with van der Waals surface area (Å²) in [6.07, 6.45) is 0.215. The molecular weight excluding hydrogens is 346 g/mol. The number of rotatable bonds is 7. The van der Waals surface area contributed by atoms with Crippen molar-refractivity contribution in [1.29, 1.82) is 0 Å². The molecule has 2 amide bonds. The molecule has 26 heavy (non-hydrogen) atoms. The first-order valence-electron chi connectivity index (χ1n) is 7.67. The Kier molecular flexibility index (Phi) is 6.48. The summed E-state index contributed by atoms with van der Waals surface area (Å²) in [5, 5.41) is 5.12. The molecule has 0 saturated heterocycles. The van der Waals surface area contributed by atoms with E-state index >= 15 is 0 Å². The van der Waals surface area contributed by atoms with E-state index in [9.17, 15) is 18.4 Å². The van der Waals surface area contributed by atoms with Gasteiger partial charge in [-0.1, -0.05) is 18.2 Å². The molecule has 0 aliphatic carbocycles. The molecule has 2 aromatic carbocycles. The molecule has 0 unspecified atom stereocenters. The number of benzene rings is 2. The maximum atomic E-state index is 12.6. The van der Waals surface area contributed by atoms with E-state index in [0.29, 0.717) is 5.69 Å². The molecule has 0 atom stereocenters. The van der Waals surface area contributed by atoms with Gasteiger partial charge in [0.2, 0.25) is 5.91 Å². The van der Waals surface area contributed by atoms with Crippen molar-refractivity contribution in [2.45, 2.75) is 13.0 Å². The summed E-state index contributed by atoms with van der Waals surface area (Å²) in [4.78, 5) is 23.8. The number of amides is 2. The zero-order valence-corrected chi connectivity index (χ0v) is 14.2. The van der Waals surface area contributed by atoms with Crippen molar-refractivity contribution in [2.75, 3.05) is 19.5 Å². The zero-order valence-electron chi connectivity index (χ0n) is 14.2. The highest BCUT2D eigenvalue weighted by atomic mass is 19.3. The van der Waals surface area contributed by atoms with Crippen LogP contribution < -0.4 is 20.1 Å². The molecule has 0 spiro atoms. The Labute approximate surface area is 149 Å². The van der Waals surface area contributed by atoms with Crippen molar-refractivity contribution < 1.29 is 27.8 Å².